The van der Waals surface area contributed by atoms with Crippen LogP contribution < -0.4 is 33.7 Å². The maximum absolute atomic E-state index is 12.8. The Morgan fingerprint density at radius 2 is 1.81 bits per heavy atom. The van der Waals surface area contributed by atoms with Crippen LogP contribution in [-0.4, -0.2) is 54.9 Å². The molecule has 190 valence electrons. The van der Waals surface area contributed by atoms with Crippen molar-refractivity contribution in [3.8, 4) is 11.5 Å². The van der Waals surface area contributed by atoms with Crippen LogP contribution in [0, 0.1) is 19.9 Å². The summed E-state index contributed by atoms with van der Waals surface area (Å²) in [7, 11) is 5.20. The van der Waals surface area contributed by atoms with Gasteiger partial charge in [0.15, 0.2) is 17.2 Å². The second-order valence-corrected chi connectivity index (χ2v) is 8.07. The molecule has 37 heavy (non-hydrogen) atoms. The Morgan fingerprint density at radius 3 is 2.43 bits per heavy atom. The molecule has 8 heteroatoms. The summed E-state index contributed by atoms with van der Waals surface area (Å²) >= 11 is 0. The SMILES string of the molecule is COc1ccc(/C2=C/C=C\CCc3cc(C(=O)Nc4cc[c-]cc4)nn32)cc1OC.[CH2-]CN(C)C[CH2-].[Li+]. The first-order chi connectivity index (χ1) is 17.5. The summed E-state index contributed by atoms with van der Waals surface area (Å²) < 4.78 is 12.6. The number of aromatic nitrogens is 2. The average molecular weight is 493 g/mol. The van der Waals surface area contributed by atoms with Gasteiger partial charge in [0.25, 0.3) is 5.91 Å². The quantitative estimate of drug-likeness (QED) is 0.403. The third-order valence-corrected chi connectivity index (χ3v) is 5.62. The van der Waals surface area contributed by atoms with Gasteiger partial charge in [0.2, 0.25) is 0 Å². The number of carbonyl (C=O) groups is 1. The van der Waals surface area contributed by atoms with E-state index in [1.807, 2.05) is 53.0 Å². The van der Waals surface area contributed by atoms with Crippen molar-refractivity contribution in [2.45, 2.75) is 12.8 Å². The molecule has 2 aromatic carbocycles. The molecule has 1 aromatic heterocycles. The number of carbonyl (C=O) groups excluding carboxylic acids is 1. The Bertz CT molecular complexity index is 1200. The number of anilines is 1. The van der Waals surface area contributed by atoms with E-state index >= 15 is 0 Å². The molecule has 1 N–H and O–H groups in total. The summed E-state index contributed by atoms with van der Waals surface area (Å²) in [6.45, 7) is 8.99. The molecule has 2 heterocycles. The molecule has 0 atom stereocenters. The predicted molar refractivity (Wildman–Crippen MR) is 144 cm³/mol. The van der Waals surface area contributed by atoms with E-state index in [0.717, 1.165) is 42.9 Å². The summed E-state index contributed by atoms with van der Waals surface area (Å²) in [5.74, 6) is 1.04. The molecule has 0 spiro atoms. The summed E-state index contributed by atoms with van der Waals surface area (Å²) in [6.07, 6.45) is 7.76. The largest absolute Gasteiger partial charge is 1.00 e. The van der Waals surface area contributed by atoms with Crippen LogP contribution in [0.1, 0.15) is 28.2 Å². The van der Waals surface area contributed by atoms with E-state index in [4.69, 9.17) is 9.47 Å². The number of ether oxygens (including phenoxy) is 2. The number of benzene rings is 2. The zero-order valence-electron chi connectivity index (χ0n) is 22.2. The average Bonchev–Trinajstić information content (AvgIpc) is 3.32. The molecule has 0 aliphatic carbocycles. The van der Waals surface area contributed by atoms with Gasteiger partial charge in [-0.05, 0) is 50.2 Å². The molecule has 3 aromatic rings. The van der Waals surface area contributed by atoms with Crippen molar-refractivity contribution in [2.75, 3.05) is 39.7 Å². The van der Waals surface area contributed by atoms with E-state index in [0.29, 0.717) is 22.9 Å². The molecule has 0 saturated carbocycles. The zero-order chi connectivity index (χ0) is 25.9. The van der Waals surface area contributed by atoms with E-state index in [-0.39, 0.29) is 24.8 Å². The molecule has 7 nitrogen and oxygen atoms in total. The minimum Gasteiger partial charge on any atom is -0.493 e. The maximum Gasteiger partial charge on any atom is 1.00 e. The normalized spacial score (nSPS) is 14.4. The minimum atomic E-state index is -0.250. The molecule has 0 unspecified atom stereocenters. The molecular formula is C29H33LiN4O3-2. The van der Waals surface area contributed by atoms with Gasteiger partial charge in [0.05, 0.1) is 19.9 Å². The van der Waals surface area contributed by atoms with Gasteiger partial charge in [-0.1, -0.05) is 17.8 Å². The Labute approximate surface area is 232 Å². The van der Waals surface area contributed by atoms with Crippen molar-refractivity contribution in [1.29, 1.82) is 0 Å². The van der Waals surface area contributed by atoms with Crippen LogP contribution in [0.3, 0.4) is 0 Å². The van der Waals surface area contributed by atoms with Gasteiger partial charge in [-0.2, -0.15) is 23.3 Å². The summed E-state index contributed by atoms with van der Waals surface area (Å²) in [5, 5.41) is 7.51. The van der Waals surface area contributed by atoms with Gasteiger partial charge in [0, 0.05) is 11.3 Å². The van der Waals surface area contributed by atoms with E-state index in [1.165, 1.54) is 0 Å². The zero-order valence-corrected chi connectivity index (χ0v) is 22.2. The molecular weight excluding hydrogens is 459 g/mol. The van der Waals surface area contributed by atoms with E-state index in [9.17, 15) is 4.79 Å². The molecule has 0 radical (unpaired) electrons. The number of methoxy groups -OCH3 is 2. The fraction of sp³-hybridized carbons (Fsp3) is 0.241. The van der Waals surface area contributed by atoms with Gasteiger partial charge in [0.1, 0.15) is 0 Å². The third-order valence-electron chi connectivity index (χ3n) is 5.62. The fourth-order valence-corrected chi connectivity index (χ4v) is 3.47. The molecule has 4 rings (SSSR count). The fourth-order valence-electron chi connectivity index (χ4n) is 3.47. The second-order valence-electron chi connectivity index (χ2n) is 8.07. The number of rotatable bonds is 7. The number of amides is 1. The summed E-state index contributed by atoms with van der Waals surface area (Å²) in [4.78, 5) is 14.8. The topological polar surface area (TPSA) is 68.6 Å². The number of hydrogen-bond acceptors (Lipinski definition) is 5. The van der Waals surface area contributed by atoms with Crippen LogP contribution in [0.2, 0.25) is 0 Å². The first-order valence-electron chi connectivity index (χ1n) is 11.7. The number of nitrogens with one attached hydrogen (secondary N) is 1. The smallest absolute Gasteiger partial charge is 0.493 e. The molecule has 1 aliphatic rings. The Morgan fingerprint density at radius 1 is 1.11 bits per heavy atom. The number of fused-ring (bicyclic) bond motifs is 1. The summed E-state index contributed by atoms with van der Waals surface area (Å²) in [5.41, 5.74) is 3.80. The molecule has 1 aliphatic heterocycles. The molecule has 1 amide bonds. The van der Waals surface area contributed by atoms with Crippen LogP contribution >= 0.6 is 0 Å². The van der Waals surface area contributed by atoms with Crippen LogP contribution in [0.25, 0.3) is 5.70 Å². The first kappa shape index (κ1) is 30.0. The van der Waals surface area contributed by atoms with E-state index in [1.54, 1.807) is 38.5 Å². The van der Waals surface area contributed by atoms with Crippen LogP contribution in [0.4, 0.5) is 5.69 Å². The summed E-state index contributed by atoms with van der Waals surface area (Å²) in [6, 6.07) is 17.6. The third kappa shape index (κ3) is 8.13. The van der Waals surface area contributed by atoms with Crippen molar-refractivity contribution in [1.82, 2.24) is 14.7 Å². The van der Waals surface area contributed by atoms with Crippen molar-refractivity contribution in [3.05, 3.63) is 104 Å². The number of aryl methyl sites for hydroxylation is 1. The molecule has 0 fully saturated rings. The van der Waals surface area contributed by atoms with Gasteiger partial charge in [-0.25, -0.2) is 4.68 Å². The van der Waals surface area contributed by atoms with Crippen molar-refractivity contribution >= 4 is 17.3 Å². The monoisotopic (exact) mass is 492 g/mol. The van der Waals surface area contributed by atoms with E-state index < -0.39 is 0 Å². The molecule has 0 saturated heterocycles. The van der Waals surface area contributed by atoms with Crippen LogP contribution in [0.15, 0.2) is 66.8 Å². The second kappa shape index (κ2) is 15.1. The number of nitrogens with zero attached hydrogens (tertiary/aromatic N) is 3. The predicted octanol–water partition coefficient (Wildman–Crippen LogP) is 1.93. The van der Waals surface area contributed by atoms with Crippen LogP contribution in [0.5, 0.6) is 11.5 Å². The Hall–Kier alpha value is -3.24. The Balaban J connectivity index is 0.000000618. The van der Waals surface area contributed by atoms with Gasteiger partial charge < -0.3 is 33.5 Å². The van der Waals surface area contributed by atoms with E-state index in [2.05, 4.69) is 36.4 Å². The first-order valence-corrected chi connectivity index (χ1v) is 11.7. The minimum absolute atomic E-state index is 0. The van der Waals surface area contributed by atoms with Crippen molar-refractivity contribution < 1.29 is 33.1 Å². The number of hydrogen-bond donors (Lipinski definition) is 1. The molecule has 0 bridgehead atoms. The maximum atomic E-state index is 12.8. The van der Waals surface area contributed by atoms with Crippen LogP contribution in [-0.2, 0) is 6.42 Å². The Kier molecular flexibility index (Phi) is 12.2. The van der Waals surface area contributed by atoms with Gasteiger partial charge in [-0.3, -0.25) is 4.79 Å². The van der Waals surface area contributed by atoms with Crippen molar-refractivity contribution in [2.24, 2.45) is 0 Å². The van der Waals surface area contributed by atoms with Gasteiger partial charge >= 0.3 is 18.9 Å². The van der Waals surface area contributed by atoms with Gasteiger partial charge in [-0.15, -0.1) is 25.2 Å². The standard InChI is InChI=1S/C24H22N3O3.C5H11N.Li/c1-29-22-14-13-17(15-23(22)30-2)21-12-8-4-7-11-19-16-20(26-27(19)21)24(28)25-18-9-5-3-6-10-18;1-4-6(3)5-2;/h4-6,8-10,12-16H,7,11H2,1-2H3,(H,25,28);1-2,4-5H2,3H3;/q-1;-2;+1/b8-4-,21-12-;;. The number of allylic oxidation sites excluding steroid dienone is 3. The van der Waals surface area contributed by atoms with Crippen molar-refractivity contribution in [3.63, 3.8) is 0 Å².